The van der Waals surface area contributed by atoms with Crippen LogP contribution in [0.25, 0.3) is 0 Å². The summed E-state index contributed by atoms with van der Waals surface area (Å²) in [5.41, 5.74) is 1.09. The second kappa shape index (κ2) is 9.53. The minimum absolute atomic E-state index is 0.0132. The summed E-state index contributed by atoms with van der Waals surface area (Å²) >= 11 is 1.84. The minimum atomic E-state index is -0.0579. The molecule has 0 spiro atoms. The average molecular weight is 472 g/mol. The van der Waals surface area contributed by atoms with Gasteiger partial charge in [-0.05, 0) is 25.8 Å². The van der Waals surface area contributed by atoms with Crippen LogP contribution in [0.1, 0.15) is 84.1 Å². The van der Waals surface area contributed by atoms with Gasteiger partial charge in [0.05, 0.1) is 5.69 Å². The van der Waals surface area contributed by atoms with Gasteiger partial charge in [0, 0.05) is 61.8 Å². The summed E-state index contributed by atoms with van der Waals surface area (Å²) in [7, 11) is 2.11. The highest BCUT2D eigenvalue weighted by molar-refractivity contribution is 7.99. The van der Waals surface area contributed by atoms with Crippen molar-refractivity contribution < 1.29 is 0 Å². The summed E-state index contributed by atoms with van der Waals surface area (Å²) < 4.78 is 2.19. The number of hydrogen-bond acceptors (Lipinski definition) is 7. The first-order valence-electron chi connectivity index (χ1n) is 12.4. The molecule has 182 valence electrons. The first-order chi connectivity index (χ1) is 15.5. The monoisotopic (exact) mass is 471 g/mol. The Balaban J connectivity index is 1.28. The fourth-order valence-electron chi connectivity index (χ4n) is 4.12. The second-order valence-electron chi connectivity index (χ2n) is 11.6. The summed E-state index contributed by atoms with van der Waals surface area (Å²) in [4.78, 5) is 14.9. The third-order valence-corrected chi connectivity index (χ3v) is 7.62. The SMILES string of the molecule is Cn1c(SCCCN2CCN(c3cc(C(C)(C)C)nc(C(C)(C)C)n3)CC2)nnc1C1CC1. The number of aromatic nitrogens is 5. The molecule has 4 rings (SSSR count). The Kier molecular flexibility index (Phi) is 7.06. The Morgan fingerprint density at radius 1 is 0.939 bits per heavy atom. The Bertz CT molecular complexity index is 912. The van der Waals surface area contributed by atoms with Crippen LogP contribution in [0.4, 0.5) is 5.82 Å². The second-order valence-corrected chi connectivity index (χ2v) is 12.7. The first kappa shape index (κ1) is 24.5. The predicted molar refractivity (Wildman–Crippen MR) is 136 cm³/mol. The summed E-state index contributed by atoms with van der Waals surface area (Å²) in [5, 5.41) is 9.85. The maximum absolute atomic E-state index is 4.98. The smallest absolute Gasteiger partial charge is 0.190 e. The maximum Gasteiger partial charge on any atom is 0.190 e. The van der Waals surface area contributed by atoms with Gasteiger partial charge in [0.15, 0.2) is 5.16 Å². The zero-order chi connectivity index (χ0) is 23.8. The van der Waals surface area contributed by atoms with Crippen LogP contribution in [-0.4, -0.2) is 68.1 Å². The van der Waals surface area contributed by atoms with Crippen molar-refractivity contribution in [2.75, 3.05) is 43.4 Å². The number of rotatable bonds is 7. The molecule has 0 radical (unpaired) electrons. The van der Waals surface area contributed by atoms with Crippen molar-refractivity contribution in [1.82, 2.24) is 29.6 Å². The van der Waals surface area contributed by atoms with E-state index in [-0.39, 0.29) is 10.8 Å². The van der Waals surface area contributed by atoms with Gasteiger partial charge in [-0.3, -0.25) is 4.90 Å². The van der Waals surface area contributed by atoms with Gasteiger partial charge < -0.3 is 9.47 Å². The standard InChI is InChI=1S/C25H41N7S/c1-24(2,3)19-17-20(27-22(26-19)25(4,5)6)32-14-12-31(13-15-32)11-8-16-33-23-29-28-21(30(23)7)18-9-10-18/h17-18H,8-16H2,1-7H3. The van der Waals surface area contributed by atoms with Crippen LogP contribution in [0, 0.1) is 0 Å². The molecule has 0 bridgehead atoms. The molecule has 0 atom stereocenters. The van der Waals surface area contributed by atoms with Crippen LogP contribution in [0.2, 0.25) is 0 Å². The Morgan fingerprint density at radius 2 is 1.64 bits per heavy atom. The molecule has 0 unspecified atom stereocenters. The largest absolute Gasteiger partial charge is 0.354 e. The van der Waals surface area contributed by atoms with Crippen molar-refractivity contribution in [1.29, 1.82) is 0 Å². The third-order valence-electron chi connectivity index (χ3n) is 6.51. The molecule has 1 saturated carbocycles. The third kappa shape index (κ3) is 6.07. The summed E-state index contributed by atoms with van der Waals surface area (Å²) in [6.07, 6.45) is 3.71. The summed E-state index contributed by atoms with van der Waals surface area (Å²) in [5.74, 6) is 4.94. The first-order valence-corrected chi connectivity index (χ1v) is 13.4. The topological polar surface area (TPSA) is 63.0 Å². The molecule has 0 aromatic carbocycles. The Labute approximate surface area is 203 Å². The molecular weight excluding hydrogens is 430 g/mol. The highest BCUT2D eigenvalue weighted by Crippen LogP contribution is 2.39. The van der Waals surface area contributed by atoms with Gasteiger partial charge in [-0.25, -0.2) is 9.97 Å². The van der Waals surface area contributed by atoms with Crippen molar-refractivity contribution in [3.63, 3.8) is 0 Å². The van der Waals surface area contributed by atoms with E-state index in [1.54, 1.807) is 0 Å². The fraction of sp³-hybridized carbons (Fsp3) is 0.760. The van der Waals surface area contributed by atoms with Gasteiger partial charge in [0.2, 0.25) is 0 Å². The molecule has 1 aliphatic carbocycles. The van der Waals surface area contributed by atoms with Crippen molar-refractivity contribution in [2.24, 2.45) is 7.05 Å². The molecule has 2 aliphatic rings. The normalized spacial score (nSPS) is 18.2. The lowest BCUT2D eigenvalue weighted by atomic mass is 9.90. The van der Waals surface area contributed by atoms with Gasteiger partial charge in [-0.15, -0.1) is 10.2 Å². The Hall–Kier alpha value is -1.67. The van der Waals surface area contributed by atoms with Gasteiger partial charge in [0.1, 0.15) is 17.5 Å². The molecule has 2 aromatic rings. The number of anilines is 1. The molecule has 8 heteroatoms. The minimum Gasteiger partial charge on any atom is -0.354 e. The highest BCUT2D eigenvalue weighted by atomic mass is 32.2. The van der Waals surface area contributed by atoms with Crippen molar-refractivity contribution in [3.05, 3.63) is 23.4 Å². The van der Waals surface area contributed by atoms with Crippen LogP contribution in [0.5, 0.6) is 0 Å². The fourth-order valence-corrected chi connectivity index (χ4v) is 4.96. The Morgan fingerprint density at radius 3 is 2.24 bits per heavy atom. The zero-order valence-electron chi connectivity index (χ0n) is 21.6. The van der Waals surface area contributed by atoms with Crippen molar-refractivity contribution in [3.8, 4) is 0 Å². The van der Waals surface area contributed by atoms with Gasteiger partial charge in [-0.2, -0.15) is 0 Å². The van der Waals surface area contributed by atoms with Crippen LogP contribution < -0.4 is 4.90 Å². The lowest BCUT2D eigenvalue weighted by Gasteiger charge is -2.36. The van der Waals surface area contributed by atoms with E-state index in [0.717, 1.165) is 61.0 Å². The maximum atomic E-state index is 4.98. The zero-order valence-corrected chi connectivity index (χ0v) is 22.4. The predicted octanol–water partition coefficient (Wildman–Crippen LogP) is 4.38. The van der Waals surface area contributed by atoms with E-state index < -0.39 is 0 Å². The van der Waals surface area contributed by atoms with Gasteiger partial charge >= 0.3 is 0 Å². The van der Waals surface area contributed by atoms with E-state index in [0.29, 0.717) is 5.92 Å². The van der Waals surface area contributed by atoms with Crippen LogP contribution in [0.15, 0.2) is 11.2 Å². The van der Waals surface area contributed by atoms with E-state index in [4.69, 9.17) is 9.97 Å². The molecule has 0 N–H and O–H groups in total. The molecule has 2 aromatic heterocycles. The van der Waals surface area contributed by atoms with Crippen LogP contribution in [-0.2, 0) is 17.9 Å². The van der Waals surface area contributed by atoms with E-state index in [2.05, 4.69) is 79.2 Å². The van der Waals surface area contributed by atoms with Crippen molar-refractivity contribution >= 4 is 17.6 Å². The summed E-state index contributed by atoms with van der Waals surface area (Å²) in [6, 6.07) is 2.21. The number of thioether (sulfide) groups is 1. The summed E-state index contributed by atoms with van der Waals surface area (Å²) in [6.45, 7) is 18.6. The van der Waals surface area contributed by atoms with Gasteiger partial charge in [-0.1, -0.05) is 53.3 Å². The molecule has 33 heavy (non-hydrogen) atoms. The lowest BCUT2D eigenvalue weighted by Crippen LogP contribution is -2.47. The molecule has 1 saturated heterocycles. The molecular formula is C25H41N7S. The molecule has 2 fully saturated rings. The van der Waals surface area contributed by atoms with Crippen LogP contribution >= 0.6 is 11.8 Å². The van der Waals surface area contributed by atoms with E-state index in [1.165, 1.54) is 25.1 Å². The lowest BCUT2D eigenvalue weighted by molar-refractivity contribution is 0.258. The molecule has 1 aliphatic heterocycles. The molecule has 7 nitrogen and oxygen atoms in total. The van der Waals surface area contributed by atoms with E-state index >= 15 is 0 Å². The van der Waals surface area contributed by atoms with E-state index in [9.17, 15) is 0 Å². The van der Waals surface area contributed by atoms with Crippen molar-refractivity contribution in [2.45, 2.75) is 82.7 Å². The number of hydrogen-bond donors (Lipinski definition) is 0. The quantitative estimate of drug-likeness (QED) is 0.438. The number of nitrogens with zero attached hydrogens (tertiary/aromatic N) is 7. The van der Waals surface area contributed by atoms with Crippen LogP contribution in [0.3, 0.4) is 0 Å². The average Bonchev–Trinajstić information content (AvgIpc) is 3.53. The van der Waals surface area contributed by atoms with E-state index in [1.807, 2.05) is 11.8 Å². The molecule has 3 heterocycles. The molecule has 0 amide bonds. The van der Waals surface area contributed by atoms with Gasteiger partial charge in [0.25, 0.3) is 0 Å². The number of piperazine rings is 1. The highest BCUT2D eigenvalue weighted by Gasteiger charge is 2.29.